The van der Waals surface area contributed by atoms with Crippen LogP contribution in [0.1, 0.15) is 112 Å². The monoisotopic (exact) mass is 1340 g/mol. The van der Waals surface area contributed by atoms with Gasteiger partial charge >= 0.3 is 18.3 Å². The zero-order chi connectivity index (χ0) is 68.9. The quantitative estimate of drug-likeness (QED) is 0.0461. The summed E-state index contributed by atoms with van der Waals surface area (Å²) in [5, 5.41) is 10.7. The fourth-order valence-electron chi connectivity index (χ4n) is 13.6. The van der Waals surface area contributed by atoms with E-state index in [2.05, 4.69) is 83.1 Å². The number of fused-ring (bicyclic) bond motifs is 3. The molecule has 3 aliphatic rings. The van der Waals surface area contributed by atoms with Crippen molar-refractivity contribution in [2.75, 3.05) is 47.4 Å². The van der Waals surface area contributed by atoms with Crippen LogP contribution in [-0.2, 0) is 34.0 Å². The number of nitrogens with zero attached hydrogens (tertiary/aromatic N) is 10. The molecule has 3 fully saturated rings. The van der Waals surface area contributed by atoms with Gasteiger partial charge in [-0.25, -0.2) is 49.3 Å². The molecule has 0 atom stereocenters. The SMILES string of the molecule is COc1cc(NC(=O)OCc2ccccc2)ccc1-c1cn(C2CCCC2)c2ncnc(N)c12.COc1ccc(-c2cn(C3CCCC3)c3ncnc(N)c23)cc1NC(=O)OCc1ccccc1.Nc1ncnc2c1c(-c1ccc(NC(=O)OCc3ccccc3)nc1)cn2C1CCCC1. The van der Waals surface area contributed by atoms with Crippen LogP contribution in [0.5, 0.6) is 11.5 Å². The number of hydrogen-bond acceptors (Lipinski definition) is 18. The van der Waals surface area contributed by atoms with Crippen molar-refractivity contribution in [2.45, 2.75) is 115 Å². The topological polar surface area (TPSA) is 317 Å². The summed E-state index contributed by atoms with van der Waals surface area (Å²) in [5.74, 6) is 2.87. The molecule has 0 unspecified atom stereocenters. The second-order valence-corrected chi connectivity index (χ2v) is 24.9. The lowest BCUT2D eigenvalue weighted by Gasteiger charge is -2.13. The number of nitrogen functional groups attached to an aromatic ring is 3. The molecule has 24 nitrogen and oxygen atoms in total. The molecular weight excluding hydrogens is 1260 g/mol. The van der Waals surface area contributed by atoms with Gasteiger partial charge in [0.2, 0.25) is 0 Å². The summed E-state index contributed by atoms with van der Waals surface area (Å²) in [7, 11) is 3.17. The number of carbonyl (C=O) groups excluding carboxylic acids is 3. The van der Waals surface area contributed by atoms with Crippen molar-refractivity contribution in [3.63, 3.8) is 0 Å². The molecule has 0 saturated heterocycles. The van der Waals surface area contributed by atoms with Crippen LogP contribution in [0.25, 0.3) is 66.5 Å². The van der Waals surface area contributed by atoms with E-state index < -0.39 is 18.3 Å². The summed E-state index contributed by atoms with van der Waals surface area (Å²) < 4.78 is 33.8. The minimum Gasteiger partial charge on any atom is -0.496 e. The molecule has 24 heteroatoms. The molecule has 0 spiro atoms. The summed E-state index contributed by atoms with van der Waals surface area (Å²) in [6.45, 7) is 0.573. The van der Waals surface area contributed by atoms with Gasteiger partial charge in [-0.2, -0.15) is 0 Å². The van der Waals surface area contributed by atoms with E-state index in [4.69, 9.17) is 40.9 Å². The molecule has 3 saturated carbocycles. The van der Waals surface area contributed by atoms with Crippen LogP contribution in [0.15, 0.2) is 183 Å². The highest BCUT2D eigenvalue weighted by Crippen LogP contribution is 2.44. The van der Waals surface area contributed by atoms with Gasteiger partial charge in [-0.1, -0.05) is 136 Å². The highest BCUT2D eigenvalue weighted by Gasteiger charge is 2.28. The molecule has 7 aromatic heterocycles. The summed E-state index contributed by atoms with van der Waals surface area (Å²) in [6.07, 6.45) is 25.0. The van der Waals surface area contributed by atoms with Gasteiger partial charge in [0.05, 0.1) is 36.1 Å². The molecule has 7 heterocycles. The first-order valence-corrected chi connectivity index (χ1v) is 33.6. The van der Waals surface area contributed by atoms with Gasteiger partial charge in [-0.3, -0.25) is 16.0 Å². The van der Waals surface area contributed by atoms with Crippen LogP contribution in [-0.4, -0.2) is 81.1 Å². The molecule has 15 rings (SSSR count). The second-order valence-electron chi connectivity index (χ2n) is 24.9. The number of carbonyl (C=O) groups is 3. The van der Waals surface area contributed by atoms with Crippen molar-refractivity contribution in [3.05, 3.63) is 200 Å². The minimum atomic E-state index is -0.560. The van der Waals surface area contributed by atoms with Crippen LogP contribution >= 0.6 is 0 Å². The van der Waals surface area contributed by atoms with Crippen LogP contribution in [0, 0.1) is 0 Å². The maximum Gasteiger partial charge on any atom is 0.413 e. The number of aromatic nitrogens is 10. The van der Waals surface area contributed by atoms with E-state index in [9.17, 15) is 14.4 Å². The number of amides is 3. The van der Waals surface area contributed by atoms with Crippen LogP contribution in [0.3, 0.4) is 0 Å². The normalized spacial score (nSPS) is 13.9. The first-order valence-electron chi connectivity index (χ1n) is 33.6. The molecule has 0 aliphatic heterocycles. The number of pyridine rings is 1. The van der Waals surface area contributed by atoms with Crippen LogP contribution in [0.4, 0.5) is 49.0 Å². The molecule has 3 amide bonds. The molecule has 3 aliphatic carbocycles. The van der Waals surface area contributed by atoms with Gasteiger partial charge in [0.25, 0.3) is 0 Å². The predicted molar refractivity (Wildman–Crippen MR) is 386 cm³/mol. The summed E-state index contributed by atoms with van der Waals surface area (Å²) in [4.78, 5) is 67.6. The first kappa shape index (κ1) is 66.5. The molecule has 5 aromatic carbocycles. The van der Waals surface area contributed by atoms with Crippen molar-refractivity contribution >= 4 is 86.0 Å². The lowest BCUT2D eigenvalue weighted by Crippen LogP contribution is -2.14. The first-order chi connectivity index (χ1) is 49.0. The Bertz CT molecular complexity index is 4820. The molecule has 12 aromatic rings. The Morgan fingerprint density at radius 1 is 0.420 bits per heavy atom. The Morgan fingerprint density at radius 2 is 0.830 bits per heavy atom. The average molecular weight is 1340 g/mol. The molecule has 9 N–H and O–H groups in total. The highest BCUT2D eigenvalue weighted by atomic mass is 16.6. The zero-order valence-electron chi connectivity index (χ0n) is 55.6. The largest absolute Gasteiger partial charge is 0.496 e. The predicted octanol–water partition coefficient (Wildman–Crippen LogP) is 16.0. The fraction of sp³-hybridized carbons (Fsp3) is 0.263. The average Bonchev–Trinajstić information content (AvgIpc) is 1.62. The standard InChI is InChI=1S/2C26H27N5O3.C24H24N6O2/c1-33-22-12-11-18(13-21(22)30-26(32)34-15-17-7-3-2-4-8-17)20-14-31(19-9-5-6-10-19)25-23(20)24(27)28-16-29-25;1-33-22-13-18(30-26(32)34-15-17-7-3-2-4-8-17)11-12-20(22)21-14-31(19-9-5-6-10-19)25-23(21)24(27)28-16-29-25;25-22-21-19(13-30(18-8-4-5-9-18)23(21)28-15-27-22)17-10-11-20(26-12-17)29-24(31)32-14-16-6-2-1-3-7-16/h2*2-4,7-8,11-14,16,19H,5-6,9-10,15H2,1H3,(H,30,32)(H2,27,28,29);1-3,6-7,10-13,15,18H,4-5,8-9,14H2,(H2,25,27,28)(H,26,29,31). The van der Waals surface area contributed by atoms with Gasteiger partial charge in [0.1, 0.15) is 90.5 Å². The molecule has 100 heavy (non-hydrogen) atoms. The van der Waals surface area contributed by atoms with Crippen molar-refractivity contribution in [1.29, 1.82) is 0 Å². The summed E-state index contributed by atoms with van der Waals surface area (Å²) in [5.41, 5.74) is 30.6. The van der Waals surface area contributed by atoms with Gasteiger partial charge in [0, 0.05) is 82.5 Å². The Hall–Kier alpha value is -12.1. The van der Waals surface area contributed by atoms with Crippen molar-refractivity contribution in [3.8, 4) is 44.9 Å². The second kappa shape index (κ2) is 31.0. The third-order valence-electron chi connectivity index (χ3n) is 18.5. The van der Waals surface area contributed by atoms with Crippen molar-refractivity contribution < 1.29 is 38.1 Å². The zero-order valence-corrected chi connectivity index (χ0v) is 55.6. The summed E-state index contributed by atoms with van der Waals surface area (Å²) in [6, 6.07) is 44.6. The summed E-state index contributed by atoms with van der Waals surface area (Å²) >= 11 is 0. The lowest BCUT2D eigenvalue weighted by molar-refractivity contribution is 0.154. The Balaban J connectivity index is 0.000000134. The van der Waals surface area contributed by atoms with E-state index in [1.165, 1.54) is 57.5 Å². The third kappa shape index (κ3) is 15.2. The highest BCUT2D eigenvalue weighted by molar-refractivity contribution is 6.04. The van der Waals surface area contributed by atoms with E-state index in [-0.39, 0.29) is 19.8 Å². The van der Waals surface area contributed by atoms with Crippen molar-refractivity contribution in [1.82, 2.24) is 48.6 Å². The molecule has 510 valence electrons. The number of benzene rings is 5. The van der Waals surface area contributed by atoms with Gasteiger partial charge < -0.3 is 54.6 Å². The number of hydrogen-bond donors (Lipinski definition) is 6. The van der Waals surface area contributed by atoms with Gasteiger partial charge in [-0.15, -0.1) is 0 Å². The number of methoxy groups -OCH3 is 2. The van der Waals surface area contributed by atoms with Gasteiger partial charge in [-0.05, 0) is 97.2 Å². The van der Waals surface area contributed by atoms with Crippen molar-refractivity contribution in [2.24, 2.45) is 0 Å². The third-order valence-corrected chi connectivity index (χ3v) is 18.5. The van der Waals surface area contributed by atoms with Crippen LogP contribution < -0.4 is 42.6 Å². The maximum atomic E-state index is 12.5. The maximum absolute atomic E-state index is 12.5. The van der Waals surface area contributed by atoms with E-state index in [0.717, 1.165) is 122 Å². The number of nitrogens with one attached hydrogen (secondary N) is 3. The van der Waals surface area contributed by atoms with E-state index in [1.807, 2.05) is 127 Å². The minimum absolute atomic E-state index is 0.178. The number of rotatable bonds is 17. The molecular formula is C76H78N16O8. The molecule has 0 radical (unpaired) electrons. The lowest BCUT2D eigenvalue weighted by atomic mass is 10.0. The number of ether oxygens (including phenoxy) is 5. The molecule has 0 bridgehead atoms. The van der Waals surface area contributed by atoms with E-state index in [0.29, 0.717) is 64.3 Å². The number of anilines is 6. The van der Waals surface area contributed by atoms with Crippen LogP contribution in [0.2, 0.25) is 0 Å². The van der Waals surface area contributed by atoms with E-state index >= 15 is 0 Å². The smallest absolute Gasteiger partial charge is 0.413 e. The number of nitrogens with two attached hydrogens (primary N) is 3. The Kier molecular flexibility index (Phi) is 20.6. The van der Waals surface area contributed by atoms with Gasteiger partial charge in [0.15, 0.2) is 0 Å². The van der Waals surface area contributed by atoms with E-state index in [1.54, 1.807) is 32.5 Å². The Labute approximate surface area is 577 Å². The Morgan fingerprint density at radius 3 is 1.27 bits per heavy atom. The fourth-order valence-corrected chi connectivity index (χ4v) is 13.6.